The molecule has 0 amide bonds. The molecule has 132 valence electrons. The van der Waals surface area contributed by atoms with Crippen LogP contribution in [0.25, 0.3) is 23.0 Å². The van der Waals surface area contributed by atoms with Gasteiger partial charge in [0, 0.05) is 12.1 Å². The van der Waals surface area contributed by atoms with Gasteiger partial charge in [0.15, 0.2) is 0 Å². The lowest BCUT2D eigenvalue weighted by molar-refractivity contribution is -0.136. The van der Waals surface area contributed by atoms with Crippen molar-refractivity contribution >= 4 is 34.6 Å². The number of para-hydroxylation sites is 1. The second kappa shape index (κ2) is 8.29. The summed E-state index contributed by atoms with van der Waals surface area (Å²) in [6.45, 7) is 0.0849. The number of carbonyl (C=O) groups is 1. The summed E-state index contributed by atoms with van der Waals surface area (Å²) in [7, 11) is 1.34. The Morgan fingerprint density at radius 2 is 1.77 bits per heavy atom. The van der Waals surface area contributed by atoms with Crippen molar-refractivity contribution in [1.82, 2.24) is 9.78 Å². The van der Waals surface area contributed by atoms with Gasteiger partial charge in [-0.1, -0.05) is 48.5 Å². The SMILES string of the molecule is COC(=O)/C(=C/c1nn(-c2ccccc2)c(-c2ccccc2)c1I)CN. The van der Waals surface area contributed by atoms with Crippen LogP contribution in [0, 0.1) is 3.57 Å². The molecule has 0 aliphatic rings. The molecule has 1 heterocycles. The number of aromatic nitrogens is 2. The van der Waals surface area contributed by atoms with Crippen LogP contribution < -0.4 is 5.73 Å². The minimum Gasteiger partial charge on any atom is -0.466 e. The van der Waals surface area contributed by atoms with E-state index in [9.17, 15) is 4.79 Å². The van der Waals surface area contributed by atoms with E-state index in [0.29, 0.717) is 11.3 Å². The fourth-order valence-corrected chi connectivity index (χ4v) is 3.41. The molecule has 3 aromatic rings. The Morgan fingerprint density at radius 3 is 2.35 bits per heavy atom. The third-order valence-electron chi connectivity index (χ3n) is 3.88. The molecule has 0 bridgehead atoms. The van der Waals surface area contributed by atoms with Gasteiger partial charge < -0.3 is 10.5 Å². The zero-order valence-corrected chi connectivity index (χ0v) is 16.4. The topological polar surface area (TPSA) is 70.1 Å². The fraction of sp³-hybridized carbons (Fsp3) is 0.100. The van der Waals surface area contributed by atoms with E-state index in [0.717, 1.165) is 20.5 Å². The number of halogens is 1. The zero-order chi connectivity index (χ0) is 18.5. The molecule has 1 aromatic heterocycles. The number of nitrogens with two attached hydrogens (primary N) is 1. The van der Waals surface area contributed by atoms with Crippen LogP contribution in [0.2, 0.25) is 0 Å². The third kappa shape index (κ3) is 3.71. The summed E-state index contributed by atoms with van der Waals surface area (Å²) in [5, 5.41) is 4.73. The average molecular weight is 459 g/mol. The molecular formula is C20H18IN3O2. The number of methoxy groups -OCH3 is 1. The van der Waals surface area contributed by atoms with Crippen LogP contribution in [0.5, 0.6) is 0 Å². The number of ether oxygens (including phenoxy) is 1. The third-order valence-corrected chi connectivity index (χ3v) is 4.94. The predicted octanol–water partition coefficient (Wildman–Crippen LogP) is 3.66. The molecule has 0 aliphatic heterocycles. The van der Waals surface area contributed by atoms with Gasteiger partial charge in [0.05, 0.1) is 27.6 Å². The summed E-state index contributed by atoms with van der Waals surface area (Å²) in [6, 6.07) is 19.9. The molecule has 0 fully saturated rings. The number of carbonyl (C=O) groups excluding carboxylic acids is 1. The standard InChI is InChI=1S/C20H18IN3O2/c1-26-20(25)15(13-22)12-17-18(21)19(14-8-4-2-5-9-14)24(23-17)16-10-6-3-7-11-16/h2-12H,13,22H2,1H3/b15-12+. The maximum atomic E-state index is 11.9. The maximum Gasteiger partial charge on any atom is 0.335 e. The van der Waals surface area contributed by atoms with Crippen molar-refractivity contribution in [3.63, 3.8) is 0 Å². The summed E-state index contributed by atoms with van der Waals surface area (Å²) >= 11 is 2.26. The highest BCUT2D eigenvalue weighted by Crippen LogP contribution is 2.31. The van der Waals surface area contributed by atoms with Crippen LogP contribution >= 0.6 is 22.6 Å². The Hall–Kier alpha value is -2.45. The van der Waals surface area contributed by atoms with Crippen LogP contribution in [0.1, 0.15) is 5.69 Å². The Labute approximate surface area is 165 Å². The normalized spacial score (nSPS) is 11.4. The average Bonchev–Trinajstić information content (AvgIpc) is 3.03. The van der Waals surface area contributed by atoms with E-state index in [-0.39, 0.29) is 6.54 Å². The number of hydrogen-bond donors (Lipinski definition) is 1. The molecule has 0 atom stereocenters. The van der Waals surface area contributed by atoms with Crippen molar-refractivity contribution in [2.75, 3.05) is 13.7 Å². The van der Waals surface area contributed by atoms with Crippen LogP contribution in [-0.4, -0.2) is 29.4 Å². The summed E-state index contributed by atoms with van der Waals surface area (Å²) < 4.78 is 7.62. The lowest BCUT2D eigenvalue weighted by atomic mass is 10.1. The van der Waals surface area contributed by atoms with Gasteiger partial charge in [-0.3, -0.25) is 0 Å². The van der Waals surface area contributed by atoms with Gasteiger partial charge >= 0.3 is 5.97 Å². The summed E-state index contributed by atoms with van der Waals surface area (Å²) in [4.78, 5) is 11.9. The molecule has 3 rings (SSSR count). The molecule has 0 spiro atoms. The van der Waals surface area contributed by atoms with Gasteiger partial charge in [0.25, 0.3) is 0 Å². The van der Waals surface area contributed by atoms with Crippen molar-refractivity contribution in [2.24, 2.45) is 5.73 Å². The molecule has 6 heteroatoms. The second-order valence-electron chi connectivity index (χ2n) is 5.53. The molecule has 5 nitrogen and oxygen atoms in total. The van der Waals surface area contributed by atoms with Gasteiger partial charge in [-0.2, -0.15) is 5.10 Å². The van der Waals surface area contributed by atoms with Crippen molar-refractivity contribution in [3.8, 4) is 16.9 Å². The van der Waals surface area contributed by atoms with Crippen molar-refractivity contribution in [1.29, 1.82) is 0 Å². The molecule has 2 N–H and O–H groups in total. The lowest BCUT2D eigenvalue weighted by Crippen LogP contribution is -2.14. The Balaban J connectivity index is 2.21. The van der Waals surface area contributed by atoms with Gasteiger partial charge in [-0.25, -0.2) is 9.48 Å². The van der Waals surface area contributed by atoms with Crippen LogP contribution in [0.4, 0.5) is 0 Å². The van der Waals surface area contributed by atoms with E-state index in [1.165, 1.54) is 7.11 Å². The van der Waals surface area contributed by atoms with E-state index >= 15 is 0 Å². The van der Waals surface area contributed by atoms with E-state index in [1.54, 1.807) is 6.08 Å². The molecule has 0 unspecified atom stereocenters. The first-order valence-electron chi connectivity index (χ1n) is 8.04. The van der Waals surface area contributed by atoms with E-state index in [2.05, 4.69) is 22.6 Å². The Morgan fingerprint density at radius 1 is 1.15 bits per heavy atom. The fourth-order valence-electron chi connectivity index (χ4n) is 2.61. The van der Waals surface area contributed by atoms with E-state index in [1.807, 2.05) is 65.3 Å². The highest BCUT2D eigenvalue weighted by molar-refractivity contribution is 14.1. The first-order valence-corrected chi connectivity index (χ1v) is 9.12. The zero-order valence-electron chi connectivity index (χ0n) is 14.2. The van der Waals surface area contributed by atoms with Crippen molar-refractivity contribution in [2.45, 2.75) is 0 Å². The van der Waals surface area contributed by atoms with Crippen LogP contribution in [0.3, 0.4) is 0 Å². The summed E-state index contributed by atoms with van der Waals surface area (Å²) in [5.74, 6) is -0.446. The summed E-state index contributed by atoms with van der Waals surface area (Å²) in [5.41, 5.74) is 9.71. The molecule has 0 saturated heterocycles. The monoisotopic (exact) mass is 459 g/mol. The number of hydrogen-bond acceptors (Lipinski definition) is 4. The minimum absolute atomic E-state index is 0.0849. The molecular weight excluding hydrogens is 441 g/mol. The van der Waals surface area contributed by atoms with Gasteiger partial charge in [0.1, 0.15) is 5.69 Å². The van der Waals surface area contributed by atoms with E-state index < -0.39 is 5.97 Å². The van der Waals surface area contributed by atoms with Crippen LogP contribution in [-0.2, 0) is 9.53 Å². The number of esters is 1. The van der Waals surface area contributed by atoms with Crippen molar-refractivity contribution < 1.29 is 9.53 Å². The van der Waals surface area contributed by atoms with Crippen molar-refractivity contribution in [3.05, 3.63) is 75.5 Å². The van der Waals surface area contributed by atoms with Crippen LogP contribution in [0.15, 0.2) is 66.2 Å². The molecule has 0 radical (unpaired) electrons. The highest BCUT2D eigenvalue weighted by atomic mass is 127. The molecule has 0 saturated carbocycles. The minimum atomic E-state index is -0.446. The number of nitrogens with zero attached hydrogens (tertiary/aromatic N) is 2. The second-order valence-corrected chi connectivity index (χ2v) is 6.61. The number of benzene rings is 2. The quantitative estimate of drug-likeness (QED) is 0.359. The van der Waals surface area contributed by atoms with Gasteiger partial charge in [-0.15, -0.1) is 0 Å². The molecule has 0 aliphatic carbocycles. The molecule has 26 heavy (non-hydrogen) atoms. The highest BCUT2D eigenvalue weighted by Gasteiger charge is 2.19. The maximum absolute atomic E-state index is 11.9. The number of rotatable bonds is 5. The smallest absolute Gasteiger partial charge is 0.335 e. The van der Waals surface area contributed by atoms with Gasteiger partial charge in [0.2, 0.25) is 0 Å². The largest absolute Gasteiger partial charge is 0.466 e. The predicted molar refractivity (Wildman–Crippen MR) is 111 cm³/mol. The Bertz CT molecular complexity index is 934. The van der Waals surface area contributed by atoms with Gasteiger partial charge in [-0.05, 0) is 40.8 Å². The first kappa shape index (κ1) is 18.3. The summed E-state index contributed by atoms with van der Waals surface area (Å²) in [6.07, 6.45) is 1.69. The first-order chi connectivity index (χ1) is 12.7. The Kier molecular flexibility index (Phi) is 5.85. The molecule has 2 aromatic carbocycles. The van der Waals surface area contributed by atoms with E-state index in [4.69, 9.17) is 15.6 Å². The lowest BCUT2D eigenvalue weighted by Gasteiger charge is -2.08.